The van der Waals surface area contributed by atoms with Gasteiger partial charge in [0.1, 0.15) is 11.5 Å². The van der Waals surface area contributed by atoms with Crippen LogP contribution in [0.3, 0.4) is 0 Å². The molecule has 0 atom stereocenters. The van der Waals surface area contributed by atoms with Crippen LogP contribution in [0.15, 0.2) is 41.3 Å². The summed E-state index contributed by atoms with van der Waals surface area (Å²) in [4.78, 5) is 6.78. The Kier molecular flexibility index (Phi) is 8.84. The van der Waals surface area contributed by atoms with E-state index in [1.54, 1.807) is 31.5 Å². The highest BCUT2D eigenvalue weighted by Gasteiger charge is 2.39. The fraction of sp³-hybridized carbons (Fsp3) is 0.552. The second-order valence-electron chi connectivity index (χ2n) is 11.7. The van der Waals surface area contributed by atoms with Gasteiger partial charge in [-0.15, -0.1) is 0 Å². The smallest absolute Gasteiger partial charge is 0.132 e. The number of rotatable bonds is 8. The highest BCUT2D eigenvalue weighted by atomic mass is 16.5. The molecule has 8 N–H and O–H groups in total. The van der Waals surface area contributed by atoms with Crippen LogP contribution in [0.25, 0.3) is 11.3 Å². The molecule has 8 heteroatoms. The Morgan fingerprint density at radius 3 is 2.30 bits per heavy atom. The van der Waals surface area contributed by atoms with Crippen LogP contribution >= 0.6 is 0 Å². The molecule has 0 radical (unpaired) electrons. The van der Waals surface area contributed by atoms with Crippen LogP contribution in [0, 0.1) is 0 Å². The van der Waals surface area contributed by atoms with Gasteiger partial charge < -0.3 is 37.3 Å². The molecule has 2 aliphatic rings. The minimum Gasteiger partial charge on any atom is -0.507 e. The van der Waals surface area contributed by atoms with Gasteiger partial charge in [0, 0.05) is 53.9 Å². The second-order valence-corrected chi connectivity index (χ2v) is 11.7. The van der Waals surface area contributed by atoms with Crippen molar-refractivity contribution in [1.29, 1.82) is 0 Å². The van der Waals surface area contributed by atoms with Crippen molar-refractivity contribution in [2.45, 2.75) is 89.4 Å². The largest absolute Gasteiger partial charge is 0.507 e. The number of nitrogens with one attached hydrogen (secondary N) is 1. The Balaban J connectivity index is 1.83. The summed E-state index contributed by atoms with van der Waals surface area (Å²) < 4.78 is 5.59. The Morgan fingerprint density at radius 1 is 1.11 bits per heavy atom. The topological polar surface area (TPSA) is 135 Å². The minimum absolute atomic E-state index is 0.00102. The molecular formula is C29H46N6O2. The fourth-order valence-electron chi connectivity index (χ4n) is 5.80. The van der Waals surface area contributed by atoms with Gasteiger partial charge in [0.25, 0.3) is 0 Å². The Hall–Kier alpha value is -3.13. The highest BCUT2D eigenvalue weighted by Crippen LogP contribution is 2.36. The zero-order chi connectivity index (χ0) is 27.4. The highest BCUT2D eigenvalue weighted by molar-refractivity contribution is 6.10. The van der Waals surface area contributed by atoms with Gasteiger partial charge in [0.05, 0.1) is 18.5 Å². The molecule has 3 rings (SSSR count). The molecule has 1 saturated heterocycles. The van der Waals surface area contributed by atoms with E-state index in [0.717, 1.165) is 25.7 Å². The normalized spacial score (nSPS) is 21.5. The molecule has 0 unspecified atom stereocenters. The summed E-state index contributed by atoms with van der Waals surface area (Å²) in [6, 6.07) is 4.07. The maximum atomic E-state index is 10.9. The number of hydrogen-bond donors (Lipinski definition) is 5. The summed E-state index contributed by atoms with van der Waals surface area (Å²) in [6.45, 7) is 8.88. The molecule has 1 aromatic rings. The van der Waals surface area contributed by atoms with Gasteiger partial charge in [-0.1, -0.05) is 12.8 Å². The van der Waals surface area contributed by atoms with Gasteiger partial charge in [0.2, 0.25) is 0 Å². The first kappa shape index (κ1) is 28.4. The van der Waals surface area contributed by atoms with Crippen LogP contribution < -0.4 is 27.3 Å². The monoisotopic (exact) mass is 510 g/mol. The van der Waals surface area contributed by atoms with Crippen molar-refractivity contribution in [3.63, 3.8) is 0 Å². The molecule has 8 nitrogen and oxygen atoms in total. The molecule has 1 aliphatic heterocycles. The van der Waals surface area contributed by atoms with Crippen molar-refractivity contribution in [1.82, 2.24) is 10.2 Å². The van der Waals surface area contributed by atoms with Crippen LogP contribution in [0.5, 0.6) is 11.5 Å². The third-order valence-electron chi connectivity index (χ3n) is 7.41. The van der Waals surface area contributed by atoms with Gasteiger partial charge in [0.15, 0.2) is 0 Å². The number of allylic oxidation sites excluding steroid dienone is 3. The summed E-state index contributed by atoms with van der Waals surface area (Å²) in [5, 5.41) is 14.6. The van der Waals surface area contributed by atoms with Gasteiger partial charge >= 0.3 is 0 Å². The second kappa shape index (κ2) is 11.5. The lowest BCUT2D eigenvalue weighted by molar-refractivity contribution is 0.0981. The van der Waals surface area contributed by atoms with Gasteiger partial charge in [-0.2, -0.15) is 0 Å². The lowest BCUT2D eigenvalue weighted by Crippen LogP contribution is -2.61. The molecule has 204 valence electrons. The van der Waals surface area contributed by atoms with Crippen molar-refractivity contribution >= 4 is 17.5 Å². The van der Waals surface area contributed by atoms with E-state index < -0.39 is 0 Å². The molecule has 2 fully saturated rings. The number of aromatic hydroxyl groups is 1. The number of phenols is 1. The van der Waals surface area contributed by atoms with E-state index >= 15 is 0 Å². The molecule has 1 aromatic carbocycles. The molecule has 0 amide bonds. The van der Waals surface area contributed by atoms with Crippen LogP contribution in [0.4, 0.5) is 0 Å². The van der Waals surface area contributed by atoms with Gasteiger partial charge in [-0.05, 0) is 83.2 Å². The quantitative estimate of drug-likeness (QED) is 0.263. The van der Waals surface area contributed by atoms with Crippen molar-refractivity contribution in [3.05, 3.63) is 47.4 Å². The first-order valence-electron chi connectivity index (χ1n) is 13.2. The number of phenolic OH excluding ortho intramolecular Hbond substituents is 1. The van der Waals surface area contributed by atoms with E-state index in [4.69, 9.17) is 21.9 Å². The Labute approximate surface area is 222 Å². The predicted octanol–water partition coefficient (Wildman–Crippen LogP) is 4.05. The molecule has 0 bridgehead atoms. The van der Waals surface area contributed by atoms with Crippen molar-refractivity contribution in [2.24, 2.45) is 22.2 Å². The average Bonchev–Trinajstić information content (AvgIpc) is 3.33. The zero-order valence-corrected chi connectivity index (χ0v) is 23.3. The van der Waals surface area contributed by atoms with E-state index in [1.165, 1.54) is 19.0 Å². The predicted molar refractivity (Wildman–Crippen MR) is 154 cm³/mol. The van der Waals surface area contributed by atoms with E-state index in [0.29, 0.717) is 40.0 Å². The average molecular weight is 511 g/mol. The number of hydrogen-bond acceptors (Lipinski definition) is 8. The summed E-state index contributed by atoms with van der Waals surface area (Å²) in [5.41, 5.74) is 21.0. The molecule has 1 aliphatic carbocycles. The van der Waals surface area contributed by atoms with Crippen molar-refractivity contribution in [2.75, 3.05) is 14.2 Å². The minimum atomic E-state index is -0.00102. The van der Waals surface area contributed by atoms with E-state index in [2.05, 4.69) is 42.9 Å². The van der Waals surface area contributed by atoms with Gasteiger partial charge in [-0.25, -0.2) is 0 Å². The Bertz CT molecular complexity index is 1060. The maximum absolute atomic E-state index is 10.9. The van der Waals surface area contributed by atoms with Crippen LogP contribution in [-0.4, -0.2) is 53.5 Å². The molecule has 0 spiro atoms. The van der Waals surface area contributed by atoms with E-state index in [9.17, 15) is 5.11 Å². The third kappa shape index (κ3) is 7.22. The SMILES string of the molecule is COc1cc(C(C=NC2CCCC2)=CN)cc(O)c1/C(N)=C/C=C(\N)N(C)C1CC(C)(C)NC(C)(C)C1. The van der Waals surface area contributed by atoms with Crippen molar-refractivity contribution < 1.29 is 9.84 Å². The number of piperidine rings is 1. The van der Waals surface area contributed by atoms with Crippen molar-refractivity contribution in [3.8, 4) is 11.5 Å². The lowest BCUT2D eigenvalue weighted by atomic mass is 9.79. The standard InChI is InChI=1S/C29H46N6O2/c1-28(2)15-22(16-29(3,4)34-28)35(5)26(32)12-11-23(31)27-24(36)13-19(14-25(27)37-6)20(17-30)18-33-21-9-7-8-10-21/h11-14,17-18,21-22,34,36H,7-10,15-16,30-32H2,1-6H3/b20-17?,23-11-,26-12+,33-18?. The molecule has 37 heavy (non-hydrogen) atoms. The first-order chi connectivity index (χ1) is 17.4. The molecule has 1 saturated carbocycles. The van der Waals surface area contributed by atoms with Crippen LogP contribution in [-0.2, 0) is 0 Å². The first-order valence-corrected chi connectivity index (χ1v) is 13.2. The fourth-order valence-corrected chi connectivity index (χ4v) is 5.80. The number of benzene rings is 1. The van der Waals surface area contributed by atoms with Gasteiger partial charge in [-0.3, -0.25) is 4.99 Å². The number of methoxy groups -OCH3 is 1. The third-order valence-corrected chi connectivity index (χ3v) is 7.41. The number of nitrogens with two attached hydrogens (primary N) is 3. The molecular weight excluding hydrogens is 464 g/mol. The van der Waals surface area contributed by atoms with E-state index in [1.807, 2.05) is 13.1 Å². The summed E-state index contributed by atoms with van der Waals surface area (Å²) in [6.07, 6.45) is 13.3. The van der Waals surface area contributed by atoms with Crippen LogP contribution in [0.1, 0.15) is 77.3 Å². The summed E-state index contributed by atoms with van der Waals surface area (Å²) >= 11 is 0. The maximum Gasteiger partial charge on any atom is 0.132 e. The van der Waals surface area contributed by atoms with Crippen LogP contribution in [0.2, 0.25) is 0 Å². The molecule has 0 aromatic heterocycles. The van der Waals surface area contributed by atoms with E-state index in [-0.39, 0.29) is 22.9 Å². The molecule has 1 heterocycles. The number of nitrogens with zero attached hydrogens (tertiary/aromatic N) is 2. The Morgan fingerprint density at radius 2 is 1.73 bits per heavy atom. The summed E-state index contributed by atoms with van der Waals surface area (Å²) in [5.74, 6) is 1.05. The lowest BCUT2D eigenvalue weighted by Gasteiger charge is -2.49. The summed E-state index contributed by atoms with van der Waals surface area (Å²) in [7, 11) is 3.56. The zero-order valence-electron chi connectivity index (χ0n) is 23.3. The number of ether oxygens (including phenoxy) is 1. The number of aliphatic imine (C=N–C) groups is 1.